The van der Waals surface area contributed by atoms with Gasteiger partial charge in [0.15, 0.2) is 5.60 Å². The number of para-hydroxylation sites is 1. The third-order valence-corrected chi connectivity index (χ3v) is 4.28. The molecule has 140 valence electrons. The minimum Gasteiger partial charge on any atom is -0.474 e. The molecule has 0 saturated carbocycles. The Hall–Kier alpha value is -3.29. The summed E-state index contributed by atoms with van der Waals surface area (Å²) in [7, 11) is 0. The highest BCUT2D eigenvalue weighted by Gasteiger charge is 2.25. The number of aromatic nitrogens is 1. The Labute approximate surface area is 169 Å². The number of carbonyl (C=O) groups excluding carboxylic acids is 1. The molecule has 1 heterocycles. The van der Waals surface area contributed by atoms with Crippen LogP contribution in [0, 0.1) is 12.0 Å². The van der Waals surface area contributed by atoms with Crippen LogP contribution < -0.4 is 10.1 Å². The Kier molecular flexibility index (Phi) is 6.31. The molecule has 1 atom stereocenters. The molecule has 4 nitrogen and oxygen atoms in total. The normalized spacial score (nSPS) is 12.2. The molecule has 0 aliphatic carbocycles. The van der Waals surface area contributed by atoms with E-state index in [4.69, 9.17) is 16.3 Å². The second-order valence-corrected chi connectivity index (χ2v) is 6.71. The lowest BCUT2D eigenvalue weighted by molar-refractivity contribution is 0.0973. The summed E-state index contributed by atoms with van der Waals surface area (Å²) in [6.45, 7) is 1.89. The molecule has 3 rings (SSSR count). The van der Waals surface area contributed by atoms with Crippen molar-refractivity contribution in [1.82, 2.24) is 10.3 Å². The quantitative estimate of drug-likeness (QED) is 0.396. The van der Waals surface area contributed by atoms with Crippen molar-refractivity contribution in [1.29, 1.82) is 0 Å². The Morgan fingerprint density at radius 3 is 2.43 bits per heavy atom. The monoisotopic (exact) mass is 390 g/mol. The number of hydrogen-bond donors (Lipinski definition) is 1. The molecule has 0 aliphatic heterocycles. The fourth-order valence-electron chi connectivity index (χ4n) is 2.68. The number of nitrogens with zero attached hydrogens (tertiary/aromatic N) is 1. The molecular weight excluding hydrogens is 372 g/mol. The van der Waals surface area contributed by atoms with Gasteiger partial charge in [-0.15, -0.1) is 0 Å². The molecule has 1 aromatic heterocycles. The second kappa shape index (κ2) is 9.07. The predicted octanol–water partition coefficient (Wildman–Crippen LogP) is 4.51. The van der Waals surface area contributed by atoms with Crippen LogP contribution in [0.3, 0.4) is 0 Å². The minimum atomic E-state index is -0.839. The predicted molar refractivity (Wildman–Crippen MR) is 110 cm³/mol. The number of rotatable bonds is 5. The molecule has 1 N–H and O–H groups in total. The van der Waals surface area contributed by atoms with Crippen molar-refractivity contribution in [3.8, 4) is 17.7 Å². The van der Waals surface area contributed by atoms with E-state index in [1.165, 1.54) is 6.20 Å². The molecule has 0 spiro atoms. The number of nitrogens with one attached hydrogen (secondary N) is 1. The summed E-state index contributed by atoms with van der Waals surface area (Å²) in [6, 6.07) is 25.4. The van der Waals surface area contributed by atoms with Gasteiger partial charge in [-0.3, -0.25) is 10.1 Å². The van der Waals surface area contributed by atoms with Gasteiger partial charge >= 0.3 is 0 Å². The van der Waals surface area contributed by atoms with E-state index >= 15 is 0 Å². The van der Waals surface area contributed by atoms with Crippen LogP contribution in [-0.4, -0.2) is 16.5 Å². The molecule has 0 bridgehead atoms. The van der Waals surface area contributed by atoms with Crippen molar-refractivity contribution in [3.63, 3.8) is 0 Å². The summed E-state index contributed by atoms with van der Waals surface area (Å²) in [5.41, 5.74) is 0.512. The summed E-state index contributed by atoms with van der Waals surface area (Å²) in [5.74, 6) is 3.34. The van der Waals surface area contributed by atoms with Gasteiger partial charge in [-0.2, -0.15) is 0 Å². The summed E-state index contributed by atoms with van der Waals surface area (Å²) in [5, 5.41) is 2.70. The first-order valence-electron chi connectivity index (χ1n) is 8.77. The van der Waals surface area contributed by atoms with E-state index in [1.807, 2.05) is 67.6 Å². The van der Waals surface area contributed by atoms with E-state index in [9.17, 15) is 4.79 Å². The molecule has 5 heteroatoms. The first-order valence-corrected chi connectivity index (χ1v) is 9.14. The van der Waals surface area contributed by atoms with Gasteiger partial charge < -0.3 is 4.74 Å². The maximum absolute atomic E-state index is 12.3. The van der Waals surface area contributed by atoms with E-state index in [2.05, 4.69) is 22.3 Å². The van der Waals surface area contributed by atoms with E-state index in [1.54, 1.807) is 12.1 Å². The van der Waals surface area contributed by atoms with Crippen molar-refractivity contribution >= 4 is 17.5 Å². The summed E-state index contributed by atoms with van der Waals surface area (Å²) in [4.78, 5) is 16.2. The number of amides is 1. The molecule has 0 saturated heterocycles. The van der Waals surface area contributed by atoms with Gasteiger partial charge in [-0.1, -0.05) is 60.1 Å². The SMILES string of the molecule is CC(C#CNC(=O)c1cccnc1Cl)(Cc1ccccc1)Oc1ccccc1. The van der Waals surface area contributed by atoms with Crippen molar-refractivity contribution in [2.45, 2.75) is 18.9 Å². The number of ether oxygens (including phenoxy) is 1. The molecule has 1 unspecified atom stereocenters. The van der Waals surface area contributed by atoms with Gasteiger partial charge in [-0.25, -0.2) is 4.98 Å². The molecule has 3 aromatic rings. The van der Waals surface area contributed by atoms with Gasteiger partial charge in [0.2, 0.25) is 0 Å². The number of halogens is 1. The van der Waals surface area contributed by atoms with Gasteiger partial charge in [-0.05, 0) is 42.7 Å². The van der Waals surface area contributed by atoms with Crippen LogP contribution in [0.2, 0.25) is 5.15 Å². The average Bonchev–Trinajstić information content (AvgIpc) is 2.69. The van der Waals surface area contributed by atoms with Crippen molar-refractivity contribution in [3.05, 3.63) is 95.3 Å². The highest BCUT2D eigenvalue weighted by atomic mass is 35.5. The zero-order chi connectivity index (χ0) is 19.8. The van der Waals surface area contributed by atoms with E-state index in [0.29, 0.717) is 12.2 Å². The van der Waals surface area contributed by atoms with Crippen LogP contribution in [0.25, 0.3) is 0 Å². The van der Waals surface area contributed by atoms with Crippen molar-refractivity contribution < 1.29 is 9.53 Å². The molecule has 0 aliphatic rings. The summed E-state index contributed by atoms with van der Waals surface area (Å²) >= 11 is 5.96. The van der Waals surface area contributed by atoms with Crippen LogP contribution in [0.4, 0.5) is 0 Å². The fraction of sp³-hybridized carbons (Fsp3) is 0.130. The lowest BCUT2D eigenvalue weighted by Gasteiger charge is -2.25. The second-order valence-electron chi connectivity index (χ2n) is 6.35. The van der Waals surface area contributed by atoms with Gasteiger partial charge in [0.1, 0.15) is 10.9 Å². The van der Waals surface area contributed by atoms with Crippen LogP contribution >= 0.6 is 11.6 Å². The van der Waals surface area contributed by atoms with E-state index < -0.39 is 11.5 Å². The van der Waals surface area contributed by atoms with Gasteiger partial charge in [0.25, 0.3) is 5.91 Å². The largest absolute Gasteiger partial charge is 0.474 e. The number of benzene rings is 2. The number of carbonyl (C=O) groups is 1. The highest BCUT2D eigenvalue weighted by Crippen LogP contribution is 2.21. The Morgan fingerprint density at radius 1 is 1.07 bits per heavy atom. The highest BCUT2D eigenvalue weighted by molar-refractivity contribution is 6.32. The summed E-state index contributed by atoms with van der Waals surface area (Å²) < 4.78 is 6.15. The molecule has 0 fully saturated rings. The molecular formula is C23H19ClN2O2. The number of hydrogen-bond acceptors (Lipinski definition) is 3. The first-order chi connectivity index (χ1) is 13.6. The van der Waals surface area contributed by atoms with Crippen LogP contribution in [0.1, 0.15) is 22.8 Å². The van der Waals surface area contributed by atoms with Crippen molar-refractivity contribution in [2.24, 2.45) is 0 Å². The average molecular weight is 391 g/mol. The fourth-order valence-corrected chi connectivity index (χ4v) is 2.89. The first kappa shape index (κ1) is 19.5. The van der Waals surface area contributed by atoms with Crippen molar-refractivity contribution in [2.75, 3.05) is 0 Å². The zero-order valence-corrected chi connectivity index (χ0v) is 16.1. The third-order valence-electron chi connectivity index (χ3n) is 3.98. The Balaban J connectivity index is 1.80. The Bertz CT molecular complexity index is 954. The summed E-state index contributed by atoms with van der Waals surface area (Å²) in [6.07, 6.45) is 2.08. The zero-order valence-electron chi connectivity index (χ0n) is 15.4. The molecule has 1 amide bonds. The lowest BCUT2D eigenvalue weighted by Crippen LogP contribution is -2.34. The minimum absolute atomic E-state index is 0.134. The maximum atomic E-state index is 12.3. The van der Waals surface area contributed by atoms with E-state index in [0.717, 1.165) is 5.56 Å². The van der Waals surface area contributed by atoms with Crippen LogP contribution in [0.15, 0.2) is 79.0 Å². The molecule has 0 radical (unpaired) electrons. The molecule has 2 aromatic carbocycles. The van der Waals surface area contributed by atoms with Crippen LogP contribution in [0.5, 0.6) is 5.75 Å². The molecule has 28 heavy (non-hydrogen) atoms. The number of pyridine rings is 1. The lowest BCUT2D eigenvalue weighted by atomic mass is 9.97. The van der Waals surface area contributed by atoms with Crippen LogP contribution in [-0.2, 0) is 6.42 Å². The van der Waals surface area contributed by atoms with Gasteiger partial charge in [0.05, 0.1) is 5.56 Å². The van der Waals surface area contributed by atoms with Gasteiger partial charge in [0, 0.05) is 18.7 Å². The Morgan fingerprint density at radius 2 is 1.75 bits per heavy atom. The maximum Gasteiger partial charge on any atom is 0.265 e. The standard InChI is InChI=1S/C23H19ClN2O2/c1-23(17-18-9-4-2-5-10-18,28-19-11-6-3-7-12-19)14-16-26-22(27)20-13-8-15-25-21(20)24/h2-13,15H,17H2,1H3,(H,26,27). The third kappa shape index (κ3) is 5.35. The topological polar surface area (TPSA) is 51.2 Å². The smallest absolute Gasteiger partial charge is 0.265 e. The van der Waals surface area contributed by atoms with E-state index in [-0.39, 0.29) is 10.7 Å².